The van der Waals surface area contributed by atoms with Crippen molar-refractivity contribution >= 4 is 5.69 Å². The lowest BCUT2D eigenvalue weighted by Gasteiger charge is -2.30. The van der Waals surface area contributed by atoms with E-state index in [9.17, 15) is 20.3 Å². The number of ether oxygens (including phenoxy) is 2. The van der Waals surface area contributed by atoms with Gasteiger partial charge < -0.3 is 19.7 Å². The summed E-state index contributed by atoms with van der Waals surface area (Å²) in [7, 11) is 0. The first-order valence-corrected chi connectivity index (χ1v) is 5.45. The Bertz CT molecular complexity index is 437. The zero-order chi connectivity index (χ0) is 13.1. The highest BCUT2D eigenvalue weighted by Crippen LogP contribution is 2.28. The molecule has 1 aromatic carbocycles. The third-order valence-corrected chi connectivity index (χ3v) is 2.65. The number of aliphatic hydroxyl groups is 2. The van der Waals surface area contributed by atoms with E-state index in [2.05, 4.69) is 0 Å². The van der Waals surface area contributed by atoms with E-state index in [4.69, 9.17) is 9.47 Å². The number of nitrogens with zero attached hydrogens (tertiary/aromatic N) is 1. The maximum absolute atomic E-state index is 10.8. The quantitative estimate of drug-likeness (QED) is 0.600. The zero-order valence-corrected chi connectivity index (χ0v) is 9.43. The van der Waals surface area contributed by atoms with Crippen molar-refractivity contribution < 1.29 is 24.6 Å². The van der Waals surface area contributed by atoms with Crippen LogP contribution >= 0.6 is 0 Å². The SMILES string of the molecule is O=[N+]([O-])c1ccccc1O[C@H]1C[C@@H](O)[C@H](O)CO1. The average Bonchev–Trinajstić information content (AvgIpc) is 2.34. The first-order valence-electron chi connectivity index (χ1n) is 5.45. The third kappa shape index (κ3) is 2.76. The highest BCUT2D eigenvalue weighted by molar-refractivity contribution is 5.45. The summed E-state index contributed by atoms with van der Waals surface area (Å²) < 4.78 is 10.5. The van der Waals surface area contributed by atoms with Gasteiger partial charge in [0.05, 0.1) is 17.6 Å². The highest BCUT2D eigenvalue weighted by Gasteiger charge is 2.30. The lowest BCUT2D eigenvalue weighted by atomic mass is 10.1. The van der Waals surface area contributed by atoms with E-state index < -0.39 is 23.4 Å². The predicted molar refractivity (Wildman–Crippen MR) is 60.1 cm³/mol. The van der Waals surface area contributed by atoms with Gasteiger partial charge in [-0.25, -0.2) is 0 Å². The molecule has 1 saturated heterocycles. The van der Waals surface area contributed by atoms with Gasteiger partial charge in [-0.3, -0.25) is 10.1 Å². The van der Waals surface area contributed by atoms with E-state index in [0.717, 1.165) is 0 Å². The molecule has 0 spiro atoms. The third-order valence-electron chi connectivity index (χ3n) is 2.65. The second-order valence-corrected chi connectivity index (χ2v) is 3.98. The molecule has 1 aliphatic rings. The lowest BCUT2D eigenvalue weighted by molar-refractivity contribution is -0.386. The Balaban J connectivity index is 2.08. The molecule has 2 rings (SSSR count). The maximum Gasteiger partial charge on any atom is 0.311 e. The van der Waals surface area contributed by atoms with Crippen LogP contribution in [0.4, 0.5) is 5.69 Å². The Kier molecular flexibility index (Phi) is 3.75. The Morgan fingerprint density at radius 3 is 2.72 bits per heavy atom. The van der Waals surface area contributed by atoms with E-state index in [1.807, 2.05) is 0 Å². The van der Waals surface area contributed by atoms with Gasteiger partial charge in [0.15, 0.2) is 5.75 Å². The van der Waals surface area contributed by atoms with Crippen molar-refractivity contribution in [1.82, 2.24) is 0 Å². The molecule has 18 heavy (non-hydrogen) atoms. The number of rotatable bonds is 3. The van der Waals surface area contributed by atoms with Crippen LogP contribution in [0.15, 0.2) is 24.3 Å². The maximum atomic E-state index is 10.8. The summed E-state index contributed by atoms with van der Waals surface area (Å²) in [6.07, 6.45) is -2.64. The Morgan fingerprint density at radius 2 is 2.06 bits per heavy atom. The molecule has 0 aliphatic carbocycles. The van der Waals surface area contributed by atoms with Crippen molar-refractivity contribution in [2.45, 2.75) is 24.9 Å². The van der Waals surface area contributed by atoms with Gasteiger partial charge in [0.25, 0.3) is 0 Å². The number of nitro groups is 1. The van der Waals surface area contributed by atoms with E-state index in [1.54, 1.807) is 6.07 Å². The van der Waals surface area contributed by atoms with Crippen molar-refractivity contribution in [2.24, 2.45) is 0 Å². The van der Waals surface area contributed by atoms with Crippen LogP contribution in [0.3, 0.4) is 0 Å². The molecule has 7 nitrogen and oxygen atoms in total. The number of para-hydroxylation sites is 2. The number of aliphatic hydroxyl groups excluding tert-OH is 2. The Hall–Kier alpha value is -1.70. The molecule has 0 aromatic heterocycles. The molecule has 1 aliphatic heterocycles. The smallest absolute Gasteiger partial charge is 0.311 e. The van der Waals surface area contributed by atoms with Crippen LogP contribution in [0, 0.1) is 10.1 Å². The molecule has 2 N–H and O–H groups in total. The Labute approximate surface area is 103 Å². The summed E-state index contributed by atoms with van der Waals surface area (Å²) in [5, 5.41) is 29.5. The van der Waals surface area contributed by atoms with Crippen molar-refractivity contribution in [2.75, 3.05) is 6.61 Å². The van der Waals surface area contributed by atoms with Crippen molar-refractivity contribution in [1.29, 1.82) is 0 Å². The van der Waals surface area contributed by atoms with Gasteiger partial charge in [0.1, 0.15) is 6.10 Å². The molecule has 0 saturated carbocycles. The number of benzene rings is 1. The summed E-state index contributed by atoms with van der Waals surface area (Å²) in [6.45, 7) is -0.0630. The molecule has 98 valence electrons. The molecule has 3 atom stereocenters. The molecule has 7 heteroatoms. The van der Waals surface area contributed by atoms with Crippen LogP contribution in [-0.4, -0.2) is 40.2 Å². The van der Waals surface area contributed by atoms with Gasteiger partial charge >= 0.3 is 5.69 Å². The molecule has 1 heterocycles. The van der Waals surface area contributed by atoms with Gasteiger partial charge in [0, 0.05) is 12.5 Å². The van der Waals surface area contributed by atoms with Crippen LogP contribution in [0.2, 0.25) is 0 Å². The largest absolute Gasteiger partial charge is 0.458 e. The summed E-state index contributed by atoms with van der Waals surface area (Å²) in [6, 6.07) is 5.92. The summed E-state index contributed by atoms with van der Waals surface area (Å²) >= 11 is 0. The average molecular weight is 255 g/mol. The van der Waals surface area contributed by atoms with Gasteiger partial charge in [-0.2, -0.15) is 0 Å². The zero-order valence-electron chi connectivity index (χ0n) is 9.43. The molecule has 1 fully saturated rings. The minimum absolute atomic E-state index is 0.0627. The fraction of sp³-hybridized carbons (Fsp3) is 0.455. The van der Waals surface area contributed by atoms with E-state index in [-0.39, 0.29) is 24.5 Å². The molecule has 0 bridgehead atoms. The normalized spacial score (nSPS) is 27.8. The van der Waals surface area contributed by atoms with E-state index in [0.29, 0.717) is 0 Å². The number of hydrogen-bond acceptors (Lipinski definition) is 6. The Morgan fingerprint density at radius 1 is 1.33 bits per heavy atom. The fourth-order valence-corrected chi connectivity index (χ4v) is 1.67. The number of hydrogen-bond donors (Lipinski definition) is 2. The van der Waals surface area contributed by atoms with Gasteiger partial charge in [-0.1, -0.05) is 12.1 Å². The molecule has 0 amide bonds. The first kappa shape index (κ1) is 12.7. The van der Waals surface area contributed by atoms with Gasteiger partial charge in [0.2, 0.25) is 6.29 Å². The van der Waals surface area contributed by atoms with Gasteiger partial charge in [-0.05, 0) is 6.07 Å². The highest BCUT2D eigenvalue weighted by atomic mass is 16.7. The minimum atomic E-state index is -0.952. The van der Waals surface area contributed by atoms with Crippen LogP contribution in [-0.2, 0) is 4.74 Å². The van der Waals surface area contributed by atoms with Crippen LogP contribution < -0.4 is 4.74 Å². The van der Waals surface area contributed by atoms with Crippen LogP contribution in [0.25, 0.3) is 0 Å². The fourth-order valence-electron chi connectivity index (χ4n) is 1.67. The van der Waals surface area contributed by atoms with Gasteiger partial charge in [-0.15, -0.1) is 0 Å². The van der Waals surface area contributed by atoms with Crippen molar-refractivity contribution in [3.63, 3.8) is 0 Å². The topological polar surface area (TPSA) is 102 Å². The predicted octanol–water partition coefficient (Wildman–Crippen LogP) is 0.442. The molecular formula is C11H13NO6. The van der Waals surface area contributed by atoms with E-state index >= 15 is 0 Å². The molecule has 0 unspecified atom stereocenters. The molecule has 0 radical (unpaired) electrons. The van der Waals surface area contributed by atoms with Crippen molar-refractivity contribution in [3.8, 4) is 5.75 Å². The second-order valence-electron chi connectivity index (χ2n) is 3.98. The first-order chi connectivity index (χ1) is 8.58. The summed E-state index contributed by atoms with van der Waals surface area (Å²) in [4.78, 5) is 10.2. The summed E-state index contributed by atoms with van der Waals surface area (Å²) in [5.74, 6) is 0.0797. The summed E-state index contributed by atoms with van der Waals surface area (Å²) in [5.41, 5.74) is -0.165. The van der Waals surface area contributed by atoms with Crippen LogP contribution in [0.5, 0.6) is 5.75 Å². The second kappa shape index (κ2) is 5.30. The number of nitro benzene ring substituents is 1. The molecular weight excluding hydrogens is 242 g/mol. The monoisotopic (exact) mass is 255 g/mol. The van der Waals surface area contributed by atoms with Crippen LogP contribution in [0.1, 0.15) is 6.42 Å². The molecule has 1 aromatic rings. The standard InChI is InChI=1S/C11H13NO6/c13-8-5-11(17-6-9(8)14)18-10-4-2-1-3-7(10)12(15)16/h1-4,8-9,11,13-14H,5-6H2/t8-,9-,11+/m1/s1. The minimum Gasteiger partial charge on any atom is -0.458 e. The van der Waals surface area contributed by atoms with Crippen molar-refractivity contribution in [3.05, 3.63) is 34.4 Å². The van der Waals surface area contributed by atoms with E-state index in [1.165, 1.54) is 18.2 Å². The lowest BCUT2D eigenvalue weighted by Crippen LogP contribution is -2.43.